The van der Waals surface area contributed by atoms with Gasteiger partial charge in [0.2, 0.25) is 5.91 Å². The zero-order valence-electron chi connectivity index (χ0n) is 13.0. The first-order valence-corrected chi connectivity index (χ1v) is 8.19. The molecule has 1 N–H and O–H groups in total. The van der Waals surface area contributed by atoms with Gasteiger partial charge in [0, 0.05) is 12.6 Å². The first-order chi connectivity index (χ1) is 9.90. The van der Waals surface area contributed by atoms with Crippen molar-refractivity contribution in [1.29, 1.82) is 0 Å². The molecule has 0 aliphatic heterocycles. The Morgan fingerprint density at radius 2 is 2.00 bits per heavy atom. The molecule has 8 heteroatoms. The lowest BCUT2D eigenvalue weighted by molar-refractivity contribution is -0.123. The fraction of sp³-hybridized carbons (Fsp3) is 0.643. The standard InChI is InChI=1S/C14H21F2NO4S/c1-13(2,3)9-21-22(19,20)14(15,16)11-7-5-10(6-8-11)12(18)17-4/h5,7-8,10H,6,9H2,1-4H3,(H,17,18). The number of hydrogen-bond donors (Lipinski definition) is 1. The van der Waals surface area contributed by atoms with Crippen molar-refractivity contribution in [3.63, 3.8) is 0 Å². The van der Waals surface area contributed by atoms with Gasteiger partial charge in [-0.25, -0.2) is 0 Å². The molecule has 0 saturated heterocycles. The maximum Gasteiger partial charge on any atom is 0.394 e. The Kier molecular flexibility index (Phi) is 5.51. The molecule has 0 spiro atoms. The molecule has 1 aliphatic rings. The van der Waals surface area contributed by atoms with E-state index in [-0.39, 0.29) is 18.9 Å². The molecule has 1 rings (SSSR count). The minimum Gasteiger partial charge on any atom is -0.359 e. The number of alkyl halides is 2. The molecule has 0 fully saturated rings. The number of allylic oxidation sites excluding steroid dienone is 2. The topological polar surface area (TPSA) is 72.5 Å². The van der Waals surface area contributed by atoms with Gasteiger partial charge in [0.25, 0.3) is 0 Å². The summed E-state index contributed by atoms with van der Waals surface area (Å²) in [4.78, 5) is 11.4. The summed E-state index contributed by atoms with van der Waals surface area (Å²) in [5.74, 6) is -0.899. The van der Waals surface area contributed by atoms with Gasteiger partial charge >= 0.3 is 15.4 Å². The molecule has 0 radical (unpaired) electrons. The second kappa shape index (κ2) is 6.45. The molecule has 5 nitrogen and oxygen atoms in total. The molecule has 1 atom stereocenters. The Labute approximate surface area is 129 Å². The quantitative estimate of drug-likeness (QED) is 0.781. The normalized spacial score (nSPS) is 19.7. The third-order valence-electron chi connectivity index (χ3n) is 2.98. The molecular weight excluding hydrogens is 316 g/mol. The van der Waals surface area contributed by atoms with E-state index in [1.165, 1.54) is 13.1 Å². The lowest BCUT2D eigenvalue weighted by Gasteiger charge is -2.24. The van der Waals surface area contributed by atoms with Gasteiger partial charge in [-0.05, 0) is 11.8 Å². The number of hydrogen-bond acceptors (Lipinski definition) is 4. The lowest BCUT2D eigenvalue weighted by atomic mass is 9.96. The summed E-state index contributed by atoms with van der Waals surface area (Å²) in [7, 11) is -3.65. The van der Waals surface area contributed by atoms with Crippen LogP contribution in [0.1, 0.15) is 27.2 Å². The molecule has 0 bridgehead atoms. The average Bonchev–Trinajstić information content (AvgIpc) is 2.43. The Bertz CT molecular complexity index is 588. The molecule has 1 amide bonds. The van der Waals surface area contributed by atoms with Gasteiger partial charge in [-0.3, -0.25) is 8.98 Å². The minimum atomic E-state index is -5.09. The van der Waals surface area contributed by atoms with Crippen LogP contribution in [0, 0.1) is 11.3 Å². The highest BCUT2D eigenvalue weighted by Crippen LogP contribution is 2.36. The SMILES string of the molecule is CNC(=O)C1C=CC(C(F)(F)S(=O)(=O)OCC(C)(C)C)=CC1. The predicted molar refractivity (Wildman–Crippen MR) is 78.7 cm³/mol. The van der Waals surface area contributed by atoms with Crippen molar-refractivity contribution < 1.29 is 26.2 Å². The summed E-state index contributed by atoms with van der Waals surface area (Å²) in [6.45, 7) is 4.68. The van der Waals surface area contributed by atoms with Crippen LogP contribution in [-0.4, -0.2) is 33.2 Å². The van der Waals surface area contributed by atoms with E-state index in [2.05, 4.69) is 9.50 Å². The summed E-state index contributed by atoms with van der Waals surface area (Å²) in [6.07, 6.45) is 3.29. The molecule has 0 aromatic heterocycles. The summed E-state index contributed by atoms with van der Waals surface area (Å²) in [5.41, 5.74) is -1.24. The summed E-state index contributed by atoms with van der Waals surface area (Å²) in [5, 5.41) is -1.74. The highest BCUT2D eigenvalue weighted by molar-refractivity contribution is 7.88. The van der Waals surface area contributed by atoms with Gasteiger partial charge in [-0.15, -0.1) is 0 Å². The monoisotopic (exact) mass is 337 g/mol. The third-order valence-corrected chi connectivity index (χ3v) is 4.27. The zero-order chi connectivity index (χ0) is 17.2. The largest absolute Gasteiger partial charge is 0.394 e. The van der Waals surface area contributed by atoms with Crippen LogP contribution < -0.4 is 5.32 Å². The fourth-order valence-corrected chi connectivity index (χ4v) is 2.79. The second-order valence-electron chi connectivity index (χ2n) is 6.27. The van der Waals surface area contributed by atoms with Crippen LogP contribution in [0.15, 0.2) is 23.8 Å². The van der Waals surface area contributed by atoms with Crippen LogP contribution in [0.2, 0.25) is 0 Å². The van der Waals surface area contributed by atoms with Gasteiger partial charge in [0.1, 0.15) is 0 Å². The average molecular weight is 337 g/mol. The Morgan fingerprint density at radius 1 is 1.41 bits per heavy atom. The summed E-state index contributed by atoms with van der Waals surface area (Å²) >= 11 is 0. The van der Waals surface area contributed by atoms with Gasteiger partial charge in [0.05, 0.1) is 12.5 Å². The van der Waals surface area contributed by atoms with E-state index in [1.807, 2.05) is 0 Å². The minimum absolute atomic E-state index is 0.00981. The van der Waals surface area contributed by atoms with Crippen molar-refractivity contribution in [2.45, 2.75) is 32.4 Å². The van der Waals surface area contributed by atoms with Gasteiger partial charge in [-0.1, -0.05) is 39.0 Å². The van der Waals surface area contributed by atoms with Crippen LogP contribution in [-0.2, 0) is 19.1 Å². The Morgan fingerprint density at radius 3 is 2.41 bits per heavy atom. The van der Waals surface area contributed by atoms with E-state index in [0.717, 1.165) is 12.2 Å². The number of rotatable bonds is 5. The maximum absolute atomic E-state index is 14.1. The fourth-order valence-electron chi connectivity index (χ4n) is 1.69. The van der Waals surface area contributed by atoms with E-state index >= 15 is 0 Å². The number of amides is 1. The first kappa shape index (κ1) is 18.8. The first-order valence-electron chi connectivity index (χ1n) is 6.78. The third kappa shape index (κ3) is 4.36. The summed E-state index contributed by atoms with van der Waals surface area (Å²) in [6, 6.07) is 0. The Balaban J connectivity index is 2.89. The molecular formula is C14H21F2NO4S. The van der Waals surface area contributed by atoms with Crippen LogP contribution in [0.3, 0.4) is 0 Å². The molecule has 1 aliphatic carbocycles. The molecule has 1 unspecified atom stereocenters. The van der Waals surface area contributed by atoms with Gasteiger partial charge in [-0.2, -0.15) is 17.2 Å². The Hall–Kier alpha value is -1.28. The van der Waals surface area contributed by atoms with Crippen molar-refractivity contribution in [3.05, 3.63) is 23.8 Å². The van der Waals surface area contributed by atoms with Gasteiger partial charge in [0.15, 0.2) is 0 Å². The van der Waals surface area contributed by atoms with Crippen LogP contribution >= 0.6 is 0 Å². The highest BCUT2D eigenvalue weighted by Gasteiger charge is 2.49. The molecule has 0 heterocycles. The molecule has 0 saturated carbocycles. The zero-order valence-corrected chi connectivity index (χ0v) is 13.8. The van der Waals surface area contributed by atoms with Crippen LogP contribution in [0.5, 0.6) is 0 Å². The smallest absolute Gasteiger partial charge is 0.359 e. The van der Waals surface area contributed by atoms with E-state index in [0.29, 0.717) is 0 Å². The molecule has 126 valence electrons. The number of carbonyl (C=O) groups is 1. The van der Waals surface area contributed by atoms with Crippen LogP contribution in [0.4, 0.5) is 8.78 Å². The highest BCUT2D eigenvalue weighted by atomic mass is 32.2. The van der Waals surface area contributed by atoms with Crippen LogP contribution in [0.25, 0.3) is 0 Å². The maximum atomic E-state index is 14.1. The van der Waals surface area contributed by atoms with E-state index in [9.17, 15) is 22.0 Å². The number of carbonyl (C=O) groups excluding carboxylic acids is 1. The molecule has 0 aromatic carbocycles. The van der Waals surface area contributed by atoms with E-state index < -0.39 is 32.3 Å². The number of nitrogens with one attached hydrogen (secondary N) is 1. The van der Waals surface area contributed by atoms with Gasteiger partial charge < -0.3 is 5.32 Å². The van der Waals surface area contributed by atoms with E-state index in [1.54, 1.807) is 20.8 Å². The summed E-state index contributed by atoms with van der Waals surface area (Å²) < 4.78 is 56.2. The van der Waals surface area contributed by atoms with Crippen molar-refractivity contribution >= 4 is 16.0 Å². The van der Waals surface area contributed by atoms with E-state index in [4.69, 9.17) is 0 Å². The second-order valence-corrected chi connectivity index (χ2v) is 7.93. The van der Waals surface area contributed by atoms with Crippen molar-refractivity contribution in [2.75, 3.05) is 13.7 Å². The van der Waals surface area contributed by atoms with Crippen molar-refractivity contribution in [3.8, 4) is 0 Å². The predicted octanol–water partition coefficient (Wildman–Crippen LogP) is 2.22. The number of halogens is 2. The lowest BCUT2D eigenvalue weighted by Crippen LogP contribution is -2.35. The molecule has 22 heavy (non-hydrogen) atoms. The molecule has 0 aromatic rings. The van der Waals surface area contributed by atoms with Crippen molar-refractivity contribution in [2.24, 2.45) is 11.3 Å². The van der Waals surface area contributed by atoms with Crippen molar-refractivity contribution in [1.82, 2.24) is 5.32 Å².